The van der Waals surface area contributed by atoms with Crippen LogP contribution < -0.4 is 5.32 Å². The summed E-state index contributed by atoms with van der Waals surface area (Å²) in [4.78, 5) is 9.33. The van der Waals surface area contributed by atoms with Crippen molar-refractivity contribution in [2.45, 2.75) is 64.5 Å². The van der Waals surface area contributed by atoms with E-state index in [4.69, 9.17) is 14.2 Å². The number of ether oxygens (including phenoxy) is 3. The van der Waals surface area contributed by atoms with Gasteiger partial charge in [-0.25, -0.2) is 0 Å². The summed E-state index contributed by atoms with van der Waals surface area (Å²) in [5, 5.41) is 3.53. The van der Waals surface area contributed by atoms with Gasteiger partial charge in [0.05, 0.1) is 18.3 Å². The molecular formula is C25H42N4O3. The molecule has 3 rings (SSSR count). The van der Waals surface area contributed by atoms with E-state index in [0.717, 1.165) is 77.7 Å². The minimum atomic E-state index is 0.307. The largest absolute Gasteiger partial charge is 0.385 e. The molecular weight excluding hydrogens is 404 g/mol. The third kappa shape index (κ3) is 8.03. The third-order valence-electron chi connectivity index (χ3n) is 6.17. The van der Waals surface area contributed by atoms with Crippen LogP contribution in [0.5, 0.6) is 0 Å². The lowest BCUT2D eigenvalue weighted by atomic mass is 10.1. The van der Waals surface area contributed by atoms with Crippen molar-refractivity contribution < 1.29 is 14.2 Å². The molecule has 2 aliphatic heterocycles. The van der Waals surface area contributed by atoms with E-state index in [0.29, 0.717) is 18.3 Å². The number of morpholine rings is 1. The van der Waals surface area contributed by atoms with Crippen molar-refractivity contribution >= 4 is 5.96 Å². The highest BCUT2D eigenvalue weighted by Crippen LogP contribution is 2.16. The van der Waals surface area contributed by atoms with Gasteiger partial charge in [0.25, 0.3) is 0 Å². The number of methoxy groups -OCH3 is 1. The summed E-state index contributed by atoms with van der Waals surface area (Å²) in [7, 11) is 3.60. The van der Waals surface area contributed by atoms with Gasteiger partial charge in [0.2, 0.25) is 0 Å². The van der Waals surface area contributed by atoms with Crippen LogP contribution in [-0.4, -0.2) is 87.6 Å². The third-order valence-corrected chi connectivity index (χ3v) is 6.17. The average Bonchev–Trinajstić information content (AvgIpc) is 2.78. The lowest BCUT2D eigenvalue weighted by Gasteiger charge is -2.35. The molecule has 2 fully saturated rings. The van der Waals surface area contributed by atoms with Crippen molar-refractivity contribution in [3.05, 3.63) is 35.4 Å². The number of aliphatic imine (C=N–C) groups is 1. The second-order valence-electron chi connectivity index (χ2n) is 9.07. The van der Waals surface area contributed by atoms with Crippen molar-refractivity contribution in [3.63, 3.8) is 0 Å². The maximum atomic E-state index is 5.98. The minimum Gasteiger partial charge on any atom is -0.385 e. The summed E-state index contributed by atoms with van der Waals surface area (Å²) < 4.78 is 16.9. The lowest BCUT2D eigenvalue weighted by Crippen LogP contribution is -2.46. The quantitative estimate of drug-likeness (QED) is 0.358. The van der Waals surface area contributed by atoms with Crippen LogP contribution in [-0.2, 0) is 27.3 Å². The molecule has 1 aromatic rings. The molecule has 0 aliphatic carbocycles. The molecule has 0 spiro atoms. The number of benzene rings is 1. The first-order chi connectivity index (χ1) is 15.6. The Morgan fingerprint density at radius 3 is 2.34 bits per heavy atom. The standard InChI is InChI=1S/C25H42N4O3/c1-20-17-28(18-21(2)32-20)19-23-8-6-22(7-9-23)16-27-25(26-3)29-12-10-24(11-13-29)31-15-5-14-30-4/h6-9,20-21,24H,5,10-19H2,1-4H3,(H,26,27). The van der Waals surface area contributed by atoms with Crippen LogP contribution in [0.2, 0.25) is 0 Å². The van der Waals surface area contributed by atoms with Crippen LogP contribution in [0.3, 0.4) is 0 Å². The first-order valence-electron chi connectivity index (χ1n) is 12.1. The first kappa shape index (κ1) is 25.0. The molecule has 1 N–H and O–H groups in total. The number of piperidine rings is 1. The van der Waals surface area contributed by atoms with Crippen LogP contribution >= 0.6 is 0 Å². The number of hydrogen-bond donors (Lipinski definition) is 1. The molecule has 0 bridgehead atoms. The molecule has 2 atom stereocenters. The molecule has 7 heteroatoms. The van der Waals surface area contributed by atoms with E-state index in [1.807, 2.05) is 7.05 Å². The Bertz CT molecular complexity index is 679. The summed E-state index contributed by atoms with van der Waals surface area (Å²) in [5.41, 5.74) is 2.63. The molecule has 1 aromatic carbocycles. The fourth-order valence-electron chi connectivity index (χ4n) is 4.64. The van der Waals surface area contributed by atoms with Crippen LogP contribution in [0.15, 0.2) is 29.3 Å². The summed E-state index contributed by atoms with van der Waals surface area (Å²) in [6.07, 6.45) is 4.01. The zero-order chi connectivity index (χ0) is 22.8. The van der Waals surface area contributed by atoms with Gasteiger partial charge in [0.1, 0.15) is 0 Å². The van der Waals surface area contributed by atoms with Gasteiger partial charge in [-0.05, 0) is 44.2 Å². The predicted molar refractivity (Wildman–Crippen MR) is 129 cm³/mol. The maximum Gasteiger partial charge on any atom is 0.193 e. The molecule has 2 heterocycles. The topological polar surface area (TPSA) is 58.6 Å². The van der Waals surface area contributed by atoms with E-state index < -0.39 is 0 Å². The van der Waals surface area contributed by atoms with Crippen molar-refractivity contribution in [1.82, 2.24) is 15.1 Å². The number of nitrogens with zero attached hydrogens (tertiary/aromatic N) is 3. The summed E-state index contributed by atoms with van der Waals surface area (Å²) >= 11 is 0. The van der Waals surface area contributed by atoms with E-state index in [1.54, 1.807) is 7.11 Å². The van der Waals surface area contributed by atoms with Gasteiger partial charge in [0, 0.05) is 66.6 Å². The minimum absolute atomic E-state index is 0.307. The van der Waals surface area contributed by atoms with Crippen LogP contribution in [0, 0.1) is 0 Å². The van der Waals surface area contributed by atoms with Gasteiger partial charge in [-0.1, -0.05) is 24.3 Å². The van der Waals surface area contributed by atoms with Gasteiger partial charge in [-0.15, -0.1) is 0 Å². The number of likely N-dealkylation sites (tertiary alicyclic amines) is 1. The summed E-state index contributed by atoms with van der Waals surface area (Å²) in [6, 6.07) is 8.94. The second kappa shape index (κ2) is 13.1. The highest BCUT2D eigenvalue weighted by Gasteiger charge is 2.23. The molecule has 2 saturated heterocycles. The van der Waals surface area contributed by atoms with E-state index in [1.165, 1.54) is 11.1 Å². The van der Waals surface area contributed by atoms with E-state index in [9.17, 15) is 0 Å². The smallest absolute Gasteiger partial charge is 0.193 e. The molecule has 2 unspecified atom stereocenters. The van der Waals surface area contributed by atoms with Crippen molar-refractivity contribution in [3.8, 4) is 0 Å². The normalized spacial score (nSPS) is 23.5. The molecule has 0 radical (unpaired) electrons. The van der Waals surface area contributed by atoms with Crippen LogP contribution in [0.4, 0.5) is 0 Å². The Morgan fingerprint density at radius 1 is 1.06 bits per heavy atom. The number of rotatable bonds is 9. The average molecular weight is 447 g/mol. The molecule has 7 nitrogen and oxygen atoms in total. The van der Waals surface area contributed by atoms with Gasteiger partial charge in [-0.2, -0.15) is 0 Å². The van der Waals surface area contributed by atoms with Gasteiger partial charge in [-0.3, -0.25) is 9.89 Å². The number of guanidine groups is 1. The van der Waals surface area contributed by atoms with Crippen molar-refractivity contribution in [2.24, 2.45) is 4.99 Å². The van der Waals surface area contributed by atoms with E-state index in [2.05, 4.69) is 58.2 Å². The van der Waals surface area contributed by atoms with Crippen molar-refractivity contribution in [2.75, 3.05) is 53.6 Å². The lowest BCUT2D eigenvalue weighted by molar-refractivity contribution is -0.0704. The Kier molecular flexibility index (Phi) is 10.2. The molecule has 2 aliphatic rings. The summed E-state index contributed by atoms with van der Waals surface area (Å²) in [6.45, 7) is 11.6. The zero-order valence-electron chi connectivity index (χ0n) is 20.4. The summed E-state index contributed by atoms with van der Waals surface area (Å²) in [5.74, 6) is 0.975. The van der Waals surface area contributed by atoms with E-state index >= 15 is 0 Å². The Labute approximate surface area is 194 Å². The fourth-order valence-corrected chi connectivity index (χ4v) is 4.64. The highest BCUT2D eigenvalue weighted by molar-refractivity contribution is 5.79. The Morgan fingerprint density at radius 2 is 1.72 bits per heavy atom. The SMILES string of the molecule is CN=C(NCc1ccc(CN2CC(C)OC(C)C2)cc1)N1CCC(OCCCOC)CC1. The Hall–Kier alpha value is -1.67. The van der Waals surface area contributed by atoms with Gasteiger partial charge < -0.3 is 24.4 Å². The molecule has 180 valence electrons. The first-order valence-corrected chi connectivity index (χ1v) is 12.1. The fraction of sp³-hybridized carbons (Fsp3) is 0.720. The highest BCUT2D eigenvalue weighted by atomic mass is 16.5. The molecule has 0 saturated carbocycles. The second-order valence-corrected chi connectivity index (χ2v) is 9.07. The van der Waals surface area contributed by atoms with Gasteiger partial charge in [0.15, 0.2) is 5.96 Å². The Balaban J connectivity index is 1.39. The van der Waals surface area contributed by atoms with E-state index in [-0.39, 0.29) is 0 Å². The number of hydrogen-bond acceptors (Lipinski definition) is 5. The maximum absolute atomic E-state index is 5.98. The number of nitrogens with one attached hydrogen (secondary N) is 1. The van der Waals surface area contributed by atoms with Crippen LogP contribution in [0.25, 0.3) is 0 Å². The predicted octanol–water partition coefficient (Wildman–Crippen LogP) is 2.89. The molecule has 0 amide bonds. The molecule has 0 aromatic heterocycles. The van der Waals surface area contributed by atoms with Gasteiger partial charge >= 0.3 is 0 Å². The monoisotopic (exact) mass is 446 g/mol. The van der Waals surface area contributed by atoms with Crippen LogP contribution in [0.1, 0.15) is 44.2 Å². The molecule has 32 heavy (non-hydrogen) atoms. The van der Waals surface area contributed by atoms with Crippen molar-refractivity contribution in [1.29, 1.82) is 0 Å². The zero-order valence-corrected chi connectivity index (χ0v) is 20.4.